The molecule has 0 aliphatic carbocycles. The minimum Gasteiger partial charge on any atom is -0.307 e. The van der Waals surface area contributed by atoms with Gasteiger partial charge in [0.2, 0.25) is 0 Å². The predicted octanol–water partition coefficient (Wildman–Crippen LogP) is 2.12. The molecule has 7 heteroatoms. The van der Waals surface area contributed by atoms with Gasteiger partial charge < -0.3 is 5.43 Å². The van der Waals surface area contributed by atoms with E-state index >= 15 is 0 Å². The molecule has 3 N–H and O–H groups in total. The Morgan fingerprint density at radius 2 is 2.15 bits per heavy atom. The number of hydrogen-bond acceptors (Lipinski definition) is 6. The van der Waals surface area contributed by atoms with Gasteiger partial charge in [0.1, 0.15) is 6.07 Å². The first-order chi connectivity index (χ1) is 9.56. The number of nitrogens with two attached hydrogens (primary N) is 1. The van der Waals surface area contributed by atoms with Crippen LogP contribution in [0.15, 0.2) is 30.3 Å². The minimum absolute atomic E-state index is 0.0240. The largest absolute Gasteiger partial charge is 0.307 e. The summed E-state index contributed by atoms with van der Waals surface area (Å²) in [7, 11) is 0. The average Bonchev–Trinajstić information content (AvgIpc) is 2.46. The summed E-state index contributed by atoms with van der Waals surface area (Å²) in [6, 6.07) is 9.97. The van der Waals surface area contributed by atoms with Gasteiger partial charge in [-0.25, -0.2) is 10.8 Å². The first-order valence-electron chi connectivity index (χ1n) is 5.70. The zero-order chi connectivity index (χ0) is 14.7. The van der Waals surface area contributed by atoms with Crippen LogP contribution in [0.25, 0.3) is 11.3 Å². The lowest BCUT2D eigenvalue weighted by molar-refractivity contribution is -0.385. The zero-order valence-electron chi connectivity index (χ0n) is 10.6. The van der Waals surface area contributed by atoms with Gasteiger partial charge in [-0.2, -0.15) is 5.26 Å². The molecule has 20 heavy (non-hydrogen) atoms. The Kier molecular flexibility index (Phi) is 3.59. The molecule has 0 saturated heterocycles. The van der Waals surface area contributed by atoms with Crippen LogP contribution in [0.4, 0.5) is 11.5 Å². The Morgan fingerprint density at radius 3 is 2.75 bits per heavy atom. The molecule has 0 atom stereocenters. The van der Waals surface area contributed by atoms with Gasteiger partial charge in [0.25, 0.3) is 5.69 Å². The highest BCUT2D eigenvalue weighted by atomic mass is 16.6. The average molecular weight is 269 g/mol. The Balaban J connectivity index is 2.55. The molecule has 1 aromatic heterocycles. The fourth-order valence-corrected chi connectivity index (χ4v) is 1.79. The summed E-state index contributed by atoms with van der Waals surface area (Å²) in [6.45, 7) is 1.67. The molecule has 0 spiro atoms. The zero-order valence-corrected chi connectivity index (χ0v) is 10.6. The quantitative estimate of drug-likeness (QED) is 0.500. The molecule has 0 unspecified atom stereocenters. The number of aryl methyl sites for hydroxylation is 1. The number of nitrogen functional groups attached to an aromatic ring is 1. The molecular formula is C13H11N5O2. The van der Waals surface area contributed by atoms with Crippen molar-refractivity contribution in [1.82, 2.24) is 4.98 Å². The number of anilines is 1. The van der Waals surface area contributed by atoms with Crippen molar-refractivity contribution in [2.24, 2.45) is 5.84 Å². The van der Waals surface area contributed by atoms with Crippen LogP contribution >= 0.6 is 0 Å². The normalized spacial score (nSPS) is 9.85. The van der Waals surface area contributed by atoms with E-state index in [1.165, 1.54) is 6.07 Å². The third kappa shape index (κ3) is 2.41. The summed E-state index contributed by atoms with van der Waals surface area (Å²) >= 11 is 0. The van der Waals surface area contributed by atoms with Crippen LogP contribution in [0.2, 0.25) is 0 Å². The molecule has 0 saturated carbocycles. The molecule has 2 rings (SSSR count). The second-order valence-electron chi connectivity index (χ2n) is 4.11. The van der Waals surface area contributed by atoms with E-state index < -0.39 is 4.92 Å². The third-order valence-electron chi connectivity index (χ3n) is 2.85. The Hall–Kier alpha value is -2.98. The van der Waals surface area contributed by atoms with E-state index in [9.17, 15) is 10.1 Å². The van der Waals surface area contributed by atoms with Crippen LogP contribution in [0.3, 0.4) is 0 Å². The lowest BCUT2D eigenvalue weighted by Gasteiger charge is -2.06. The summed E-state index contributed by atoms with van der Waals surface area (Å²) in [5, 5.41) is 19.8. The maximum absolute atomic E-state index is 10.9. The SMILES string of the molecule is Cc1ccc(-c2ccc(C#N)c(NN)n2)cc1[N+](=O)[O-]. The Morgan fingerprint density at radius 1 is 1.40 bits per heavy atom. The lowest BCUT2D eigenvalue weighted by Crippen LogP contribution is -2.10. The molecule has 7 nitrogen and oxygen atoms in total. The molecular weight excluding hydrogens is 258 g/mol. The molecule has 0 aliphatic heterocycles. The number of nitro benzene ring substituents is 1. The van der Waals surface area contributed by atoms with E-state index in [-0.39, 0.29) is 11.5 Å². The maximum Gasteiger partial charge on any atom is 0.272 e. The molecule has 0 fully saturated rings. The van der Waals surface area contributed by atoms with Crippen molar-refractivity contribution >= 4 is 11.5 Å². The first-order valence-corrected chi connectivity index (χ1v) is 5.70. The molecule has 1 aromatic carbocycles. The fourth-order valence-electron chi connectivity index (χ4n) is 1.79. The van der Waals surface area contributed by atoms with E-state index in [2.05, 4.69) is 10.4 Å². The first kappa shape index (κ1) is 13.5. The van der Waals surface area contributed by atoms with Crippen molar-refractivity contribution in [3.63, 3.8) is 0 Å². The van der Waals surface area contributed by atoms with Crippen molar-refractivity contribution in [1.29, 1.82) is 5.26 Å². The molecule has 2 aromatic rings. The third-order valence-corrected chi connectivity index (χ3v) is 2.85. The summed E-state index contributed by atoms with van der Waals surface area (Å²) in [5.74, 6) is 5.53. The Bertz CT molecular complexity index is 721. The number of aromatic nitrogens is 1. The minimum atomic E-state index is -0.440. The van der Waals surface area contributed by atoms with Gasteiger partial charge in [0.15, 0.2) is 5.82 Å². The number of rotatable bonds is 3. The van der Waals surface area contributed by atoms with Crippen LogP contribution in [0.1, 0.15) is 11.1 Å². The van der Waals surface area contributed by atoms with Gasteiger partial charge in [-0.15, -0.1) is 0 Å². The van der Waals surface area contributed by atoms with Gasteiger partial charge in [0, 0.05) is 17.2 Å². The van der Waals surface area contributed by atoms with Crippen molar-refractivity contribution in [3.8, 4) is 17.3 Å². The van der Waals surface area contributed by atoms with E-state index in [1.807, 2.05) is 6.07 Å². The number of benzene rings is 1. The predicted molar refractivity (Wildman–Crippen MR) is 73.6 cm³/mol. The summed E-state index contributed by atoms with van der Waals surface area (Å²) in [6.07, 6.45) is 0. The summed E-state index contributed by atoms with van der Waals surface area (Å²) in [5.41, 5.74) is 4.33. The number of nitro groups is 1. The van der Waals surface area contributed by atoms with Gasteiger partial charge in [-0.05, 0) is 19.1 Å². The molecule has 100 valence electrons. The van der Waals surface area contributed by atoms with Crippen LogP contribution in [0.5, 0.6) is 0 Å². The number of nitrogens with zero attached hydrogens (tertiary/aromatic N) is 3. The lowest BCUT2D eigenvalue weighted by atomic mass is 10.1. The van der Waals surface area contributed by atoms with E-state index in [0.29, 0.717) is 22.4 Å². The van der Waals surface area contributed by atoms with Crippen LogP contribution < -0.4 is 11.3 Å². The number of pyridine rings is 1. The molecule has 0 radical (unpaired) electrons. The van der Waals surface area contributed by atoms with Crippen LogP contribution in [0, 0.1) is 28.4 Å². The number of hydrazine groups is 1. The van der Waals surface area contributed by atoms with Crippen LogP contribution in [-0.2, 0) is 0 Å². The number of nitrogens with one attached hydrogen (secondary N) is 1. The van der Waals surface area contributed by atoms with Gasteiger partial charge in [0.05, 0.1) is 16.2 Å². The van der Waals surface area contributed by atoms with E-state index in [0.717, 1.165) is 0 Å². The highest BCUT2D eigenvalue weighted by Gasteiger charge is 2.13. The summed E-state index contributed by atoms with van der Waals surface area (Å²) in [4.78, 5) is 14.7. The van der Waals surface area contributed by atoms with Crippen LogP contribution in [-0.4, -0.2) is 9.91 Å². The standard InChI is InChI=1S/C13H11N5O2/c1-8-2-3-9(6-12(8)18(19)20)11-5-4-10(7-14)13(16-11)17-15/h2-6H,15H2,1H3,(H,16,17). The Labute approximate surface area is 114 Å². The molecule has 1 heterocycles. The second kappa shape index (κ2) is 5.34. The van der Waals surface area contributed by atoms with Crippen molar-refractivity contribution in [2.75, 3.05) is 5.43 Å². The van der Waals surface area contributed by atoms with Gasteiger partial charge >= 0.3 is 0 Å². The maximum atomic E-state index is 10.9. The molecule has 0 aliphatic rings. The molecule has 0 bridgehead atoms. The smallest absolute Gasteiger partial charge is 0.272 e. The van der Waals surface area contributed by atoms with Gasteiger partial charge in [-0.1, -0.05) is 12.1 Å². The van der Waals surface area contributed by atoms with E-state index in [1.54, 1.807) is 31.2 Å². The van der Waals surface area contributed by atoms with Gasteiger partial charge in [-0.3, -0.25) is 10.1 Å². The van der Waals surface area contributed by atoms with Crippen molar-refractivity contribution in [3.05, 3.63) is 51.6 Å². The highest BCUT2D eigenvalue weighted by molar-refractivity contribution is 5.67. The highest BCUT2D eigenvalue weighted by Crippen LogP contribution is 2.27. The van der Waals surface area contributed by atoms with Crippen molar-refractivity contribution in [2.45, 2.75) is 6.92 Å². The second-order valence-corrected chi connectivity index (χ2v) is 4.11. The van der Waals surface area contributed by atoms with Crippen molar-refractivity contribution < 1.29 is 4.92 Å². The van der Waals surface area contributed by atoms with E-state index in [4.69, 9.17) is 11.1 Å². The fraction of sp³-hybridized carbons (Fsp3) is 0.0769. The summed E-state index contributed by atoms with van der Waals surface area (Å²) < 4.78 is 0. The molecule has 0 amide bonds. The number of nitriles is 1. The monoisotopic (exact) mass is 269 g/mol. The topological polar surface area (TPSA) is 118 Å². The number of hydrogen-bond donors (Lipinski definition) is 2.